The molecule has 0 bridgehead atoms. The second kappa shape index (κ2) is 7.97. The highest BCUT2D eigenvalue weighted by atomic mass is 19.4. The molecule has 2 aromatic rings. The van der Waals surface area contributed by atoms with Gasteiger partial charge in [0.05, 0.1) is 5.56 Å². The topological polar surface area (TPSA) is 41.6 Å². The predicted molar refractivity (Wildman–Crippen MR) is 103 cm³/mol. The summed E-state index contributed by atoms with van der Waals surface area (Å²) in [5.74, 6) is 0.591. The van der Waals surface area contributed by atoms with Gasteiger partial charge in [-0.1, -0.05) is 36.4 Å². The zero-order chi connectivity index (χ0) is 20.4. The van der Waals surface area contributed by atoms with Gasteiger partial charge in [-0.05, 0) is 30.2 Å². The maximum Gasteiger partial charge on any atom is 0.416 e. The van der Waals surface area contributed by atoms with Crippen molar-refractivity contribution >= 4 is 6.03 Å². The molecule has 1 saturated heterocycles. The maximum absolute atomic E-state index is 12.8. The van der Waals surface area contributed by atoms with Gasteiger partial charge in [0, 0.05) is 37.9 Å². The number of hydrogen-bond acceptors (Lipinski definition) is 2. The maximum atomic E-state index is 12.8. The molecule has 2 amide bonds. The summed E-state index contributed by atoms with van der Waals surface area (Å²) in [6.07, 6.45) is -2.44. The summed E-state index contributed by atoms with van der Waals surface area (Å²) in [6, 6.07) is 15.2. The minimum absolute atomic E-state index is 0.0778. The van der Waals surface area contributed by atoms with Crippen molar-refractivity contribution in [2.24, 2.45) is 0 Å². The van der Waals surface area contributed by atoms with E-state index in [2.05, 4.69) is 17.4 Å². The van der Waals surface area contributed by atoms with E-state index in [4.69, 9.17) is 4.74 Å². The first kappa shape index (κ1) is 19.6. The number of alkyl halides is 3. The monoisotopic (exact) mass is 404 g/mol. The number of benzene rings is 2. The van der Waals surface area contributed by atoms with Gasteiger partial charge in [0.2, 0.25) is 0 Å². The Bertz CT molecular complexity index is 849. The number of piperidine rings is 1. The SMILES string of the molecule is O=C(N[C@H]1C[C@@H]1c1ccccc1)N1CCC(Oc2cccc(C(F)(F)F)c2)CC1. The van der Waals surface area contributed by atoms with Crippen LogP contribution in [0.3, 0.4) is 0 Å². The lowest BCUT2D eigenvalue weighted by atomic mass is 10.1. The van der Waals surface area contributed by atoms with Crippen LogP contribution in [0, 0.1) is 0 Å². The Labute approximate surface area is 167 Å². The molecular formula is C22H23F3N2O2. The summed E-state index contributed by atoms with van der Waals surface area (Å²) in [6.45, 7) is 1.05. The normalized spacial score (nSPS) is 22.2. The van der Waals surface area contributed by atoms with Crippen molar-refractivity contribution in [2.75, 3.05) is 13.1 Å². The van der Waals surface area contributed by atoms with Gasteiger partial charge in [-0.15, -0.1) is 0 Å². The summed E-state index contributed by atoms with van der Waals surface area (Å²) in [7, 11) is 0. The first-order valence-electron chi connectivity index (χ1n) is 9.84. The lowest BCUT2D eigenvalue weighted by Crippen LogP contribution is -2.47. The summed E-state index contributed by atoms with van der Waals surface area (Å²) in [5.41, 5.74) is 0.523. The molecule has 0 radical (unpaired) electrons. The van der Waals surface area contributed by atoms with Crippen LogP contribution < -0.4 is 10.1 Å². The van der Waals surface area contributed by atoms with Crippen LogP contribution in [-0.2, 0) is 6.18 Å². The third-order valence-corrected chi connectivity index (χ3v) is 5.52. The fraction of sp³-hybridized carbons (Fsp3) is 0.409. The fourth-order valence-corrected chi connectivity index (χ4v) is 3.79. The van der Waals surface area contributed by atoms with E-state index in [1.807, 2.05) is 18.2 Å². The number of likely N-dealkylation sites (tertiary alicyclic amines) is 1. The van der Waals surface area contributed by atoms with Crippen molar-refractivity contribution in [2.45, 2.75) is 43.5 Å². The van der Waals surface area contributed by atoms with E-state index in [0.29, 0.717) is 31.8 Å². The minimum atomic E-state index is -4.39. The third-order valence-electron chi connectivity index (χ3n) is 5.52. The average Bonchev–Trinajstić information content (AvgIpc) is 3.48. The number of rotatable bonds is 4. The molecule has 154 valence electrons. The Morgan fingerprint density at radius 1 is 1.03 bits per heavy atom. The van der Waals surface area contributed by atoms with E-state index in [1.165, 1.54) is 17.7 Å². The molecular weight excluding hydrogens is 381 g/mol. The molecule has 0 spiro atoms. The van der Waals surface area contributed by atoms with Gasteiger partial charge in [0.1, 0.15) is 11.9 Å². The molecule has 29 heavy (non-hydrogen) atoms. The molecule has 1 heterocycles. The van der Waals surface area contributed by atoms with Crippen LogP contribution in [0.25, 0.3) is 0 Å². The predicted octanol–water partition coefficient (Wildman–Crippen LogP) is 4.81. The number of nitrogens with zero attached hydrogens (tertiary/aromatic N) is 1. The Kier molecular flexibility index (Phi) is 5.39. The van der Waals surface area contributed by atoms with Gasteiger partial charge in [0.15, 0.2) is 0 Å². The Morgan fingerprint density at radius 3 is 2.45 bits per heavy atom. The van der Waals surface area contributed by atoms with E-state index in [-0.39, 0.29) is 23.9 Å². The molecule has 1 saturated carbocycles. The average molecular weight is 404 g/mol. The molecule has 1 aliphatic heterocycles. The molecule has 0 unspecified atom stereocenters. The fourth-order valence-electron chi connectivity index (χ4n) is 3.79. The van der Waals surface area contributed by atoms with Crippen LogP contribution in [0.15, 0.2) is 54.6 Å². The molecule has 2 aromatic carbocycles. The number of carbonyl (C=O) groups is 1. The summed E-state index contributed by atoms with van der Waals surface area (Å²) >= 11 is 0. The van der Waals surface area contributed by atoms with Crippen LogP contribution in [0.5, 0.6) is 5.75 Å². The lowest BCUT2D eigenvalue weighted by molar-refractivity contribution is -0.137. The van der Waals surface area contributed by atoms with Crippen LogP contribution in [-0.4, -0.2) is 36.2 Å². The van der Waals surface area contributed by atoms with Crippen LogP contribution >= 0.6 is 0 Å². The highest BCUT2D eigenvalue weighted by Gasteiger charge is 2.40. The molecule has 2 aliphatic rings. The molecule has 2 atom stereocenters. The number of carbonyl (C=O) groups excluding carboxylic acids is 1. The van der Waals surface area contributed by atoms with E-state index in [1.54, 1.807) is 4.90 Å². The number of halogens is 3. The largest absolute Gasteiger partial charge is 0.490 e. The van der Waals surface area contributed by atoms with Crippen molar-refractivity contribution in [3.05, 3.63) is 65.7 Å². The van der Waals surface area contributed by atoms with Crippen molar-refractivity contribution in [3.63, 3.8) is 0 Å². The summed E-state index contributed by atoms with van der Waals surface area (Å²) in [5, 5.41) is 3.08. The third kappa shape index (κ3) is 4.83. The van der Waals surface area contributed by atoms with Gasteiger partial charge in [-0.2, -0.15) is 13.2 Å². The molecule has 4 rings (SSSR count). The molecule has 1 N–H and O–H groups in total. The van der Waals surface area contributed by atoms with E-state index < -0.39 is 11.7 Å². The Morgan fingerprint density at radius 2 is 1.76 bits per heavy atom. The first-order chi connectivity index (χ1) is 13.9. The molecule has 1 aliphatic carbocycles. The van der Waals surface area contributed by atoms with Crippen molar-refractivity contribution in [1.29, 1.82) is 0 Å². The molecule has 7 heteroatoms. The second-order valence-corrected chi connectivity index (χ2v) is 7.64. The van der Waals surface area contributed by atoms with E-state index >= 15 is 0 Å². The van der Waals surface area contributed by atoms with Crippen molar-refractivity contribution in [1.82, 2.24) is 10.2 Å². The standard InChI is InChI=1S/C22H23F3N2O2/c23-22(24,25)16-7-4-8-18(13-16)29-17-9-11-27(12-10-17)21(28)26-20-14-19(20)15-5-2-1-3-6-15/h1-8,13,17,19-20H,9-12,14H2,(H,26,28)/t19-,20+/m1/s1. The van der Waals surface area contributed by atoms with Gasteiger partial charge in [-0.3, -0.25) is 0 Å². The van der Waals surface area contributed by atoms with Gasteiger partial charge >= 0.3 is 12.2 Å². The smallest absolute Gasteiger partial charge is 0.416 e. The van der Waals surface area contributed by atoms with Crippen LogP contribution in [0.2, 0.25) is 0 Å². The second-order valence-electron chi connectivity index (χ2n) is 7.64. The molecule has 4 nitrogen and oxygen atoms in total. The van der Waals surface area contributed by atoms with Gasteiger partial charge < -0.3 is 15.0 Å². The van der Waals surface area contributed by atoms with E-state index in [0.717, 1.165) is 18.6 Å². The lowest BCUT2D eigenvalue weighted by Gasteiger charge is -2.32. The zero-order valence-electron chi connectivity index (χ0n) is 15.9. The molecule has 2 fully saturated rings. The zero-order valence-corrected chi connectivity index (χ0v) is 15.9. The number of urea groups is 1. The quantitative estimate of drug-likeness (QED) is 0.794. The Balaban J connectivity index is 1.24. The number of hydrogen-bond donors (Lipinski definition) is 1. The van der Waals surface area contributed by atoms with Crippen LogP contribution in [0.1, 0.15) is 36.3 Å². The number of nitrogens with one attached hydrogen (secondary N) is 1. The number of ether oxygens (including phenoxy) is 1. The molecule has 0 aromatic heterocycles. The van der Waals surface area contributed by atoms with Crippen LogP contribution in [0.4, 0.5) is 18.0 Å². The summed E-state index contributed by atoms with van der Waals surface area (Å²) < 4.78 is 44.2. The highest BCUT2D eigenvalue weighted by molar-refractivity contribution is 5.75. The minimum Gasteiger partial charge on any atom is -0.490 e. The van der Waals surface area contributed by atoms with Gasteiger partial charge in [0.25, 0.3) is 0 Å². The van der Waals surface area contributed by atoms with Crippen molar-refractivity contribution in [3.8, 4) is 5.75 Å². The highest BCUT2D eigenvalue weighted by Crippen LogP contribution is 2.40. The van der Waals surface area contributed by atoms with E-state index in [9.17, 15) is 18.0 Å². The Hall–Kier alpha value is -2.70. The van der Waals surface area contributed by atoms with Gasteiger partial charge in [-0.25, -0.2) is 4.79 Å². The first-order valence-corrected chi connectivity index (χ1v) is 9.84. The number of amides is 2. The summed E-state index contributed by atoms with van der Waals surface area (Å²) in [4.78, 5) is 14.3. The van der Waals surface area contributed by atoms with Crippen molar-refractivity contribution < 1.29 is 22.7 Å².